The second kappa shape index (κ2) is 7.63. The van der Waals surface area contributed by atoms with Crippen LogP contribution in [-0.4, -0.2) is 39.4 Å². The largest absolute Gasteiger partial charge is 0.359 e. The fourth-order valence-corrected chi connectivity index (χ4v) is 2.12. The van der Waals surface area contributed by atoms with Crippen LogP contribution in [0.5, 0.6) is 0 Å². The van der Waals surface area contributed by atoms with E-state index in [4.69, 9.17) is 4.52 Å². The van der Waals surface area contributed by atoms with Crippen molar-refractivity contribution in [1.82, 2.24) is 25.2 Å². The molecule has 0 amide bonds. The van der Waals surface area contributed by atoms with Crippen LogP contribution < -0.4 is 5.32 Å². The number of nitrogens with one attached hydrogen (secondary N) is 1. The molecule has 0 atom stereocenters. The first-order valence-corrected chi connectivity index (χ1v) is 7.53. The van der Waals surface area contributed by atoms with Gasteiger partial charge in [-0.05, 0) is 13.3 Å². The lowest BCUT2D eigenvalue weighted by atomic mass is 10.3. The summed E-state index contributed by atoms with van der Waals surface area (Å²) in [4.78, 5) is 6.67. The van der Waals surface area contributed by atoms with Crippen LogP contribution in [0.4, 0.5) is 0 Å². The lowest BCUT2D eigenvalue weighted by Gasteiger charge is -2.21. The fourth-order valence-electron chi connectivity index (χ4n) is 2.12. The van der Waals surface area contributed by atoms with Crippen molar-refractivity contribution in [1.29, 1.82) is 0 Å². The molecule has 0 aliphatic heterocycles. The standard InChI is InChI=1S/C15H24N6O/c1-5-13-7-14(22-19-13)9-17-15(16-6-2)20(3)10-12-8-18-21(4)11-12/h7-8,11H,5-6,9-10H2,1-4H3,(H,16,17). The molecule has 0 saturated heterocycles. The number of aliphatic imine (C=N–C) groups is 1. The van der Waals surface area contributed by atoms with Crippen LogP contribution in [0, 0.1) is 0 Å². The van der Waals surface area contributed by atoms with Crippen molar-refractivity contribution < 1.29 is 4.52 Å². The molecule has 0 spiro atoms. The molecule has 0 aliphatic carbocycles. The summed E-state index contributed by atoms with van der Waals surface area (Å²) < 4.78 is 7.07. The van der Waals surface area contributed by atoms with Gasteiger partial charge in [0.25, 0.3) is 0 Å². The Morgan fingerprint density at radius 2 is 2.27 bits per heavy atom. The zero-order valence-corrected chi connectivity index (χ0v) is 13.7. The summed E-state index contributed by atoms with van der Waals surface area (Å²) in [5.74, 6) is 1.61. The second-order valence-electron chi connectivity index (χ2n) is 5.19. The minimum absolute atomic E-state index is 0.479. The van der Waals surface area contributed by atoms with E-state index in [0.717, 1.165) is 42.5 Å². The summed E-state index contributed by atoms with van der Waals surface area (Å²) in [6.45, 7) is 6.14. The Morgan fingerprint density at radius 1 is 1.45 bits per heavy atom. The number of hydrogen-bond acceptors (Lipinski definition) is 4. The van der Waals surface area contributed by atoms with E-state index < -0.39 is 0 Å². The quantitative estimate of drug-likeness (QED) is 0.648. The van der Waals surface area contributed by atoms with Gasteiger partial charge in [0.15, 0.2) is 11.7 Å². The van der Waals surface area contributed by atoms with Gasteiger partial charge in [0.2, 0.25) is 0 Å². The highest BCUT2D eigenvalue weighted by Crippen LogP contribution is 2.07. The van der Waals surface area contributed by atoms with Crippen LogP contribution in [0.3, 0.4) is 0 Å². The third-order valence-electron chi connectivity index (χ3n) is 3.23. The summed E-state index contributed by atoms with van der Waals surface area (Å²) >= 11 is 0. The molecule has 2 aromatic rings. The molecule has 7 heteroatoms. The molecule has 22 heavy (non-hydrogen) atoms. The Balaban J connectivity index is 2.02. The smallest absolute Gasteiger partial charge is 0.194 e. The van der Waals surface area contributed by atoms with Crippen molar-refractivity contribution >= 4 is 5.96 Å². The summed E-state index contributed by atoms with van der Waals surface area (Å²) in [5.41, 5.74) is 2.10. The highest BCUT2D eigenvalue weighted by Gasteiger charge is 2.09. The minimum atomic E-state index is 0.479. The van der Waals surface area contributed by atoms with E-state index in [1.807, 2.05) is 32.6 Å². The molecule has 7 nitrogen and oxygen atoms in total. The molecule has 0 aliphatic rings. The Labute approximate surface area is 131 Å². The molecule has 0 fully saturated rings. The Kier molecular flexibility index (Phi) is 5.57. The van der Waals surface area contributed by atoms with E-state index >= 15 is 0 Å². The molecule has 0 radical (unpaired) electrons. The van der Waals surface area contributed by atoms with Crippen molar-refractivity contribution in [2.45, 2.75) is 33.4 Å². The average Bonchev–Trinajstić information content (AvgIpc) is 3.12. The maximum Gasteiger partial charge on any atom is 0.194 e. The Morgan fingerprint density at radius 3 is 2.86 bits per heavy atom. The Hall–Kier alpha value is -2.31. The molecule has 2 aromatic heterocycles. The van der Waals surface area contributed by atoms with E-state index in [-0.39, 0.29) is 0 Å². The summed E-state index contributed by atoms with van der Waals surface area (Å²) in [7, 11) is 3.92. The maximum absolute atomic E-state index is 5.27. The van der Waals surface area contributed by atoms with Gasteiger partial charge in [-0.2, -0.15) is 5.10 Å². The summed E-state index contributed by atoms with van der Waals surface area (Å²) in [6.07, 6.45) is 4.74. The molecular formula is C15H24N6O. The maximum atomic E-state index is 5.27. The SMILES string of the molecule is CCNC(=NCc1cc(CC)no1)N(C)Cc1cnn(C)c1. The first kappa shape index (κ1) is 16.1. The third kappa shape index (κ3) is 4.34. The van der Waals surface area contributed by atoms with Crippen LogP contribution in [0.25, 0.3) is 0 Å². The first-order chi connectivity index (χ1) is 10.6. The van der Waals surface area contributed by atoms with Gasteiger partial charge in [-0.15, -0.1) is 0 Å². The molecule has 2 heterocycles. The van der Waals surface area contributed by atoms with Crippen molar-refractivity contribution in [3.8, 4) is 0 Å². The monoisotopic (exact) mass is 304 g/mol. The topological polar surface area (TPSA) is 71.5 Å². The number of aryl methyl sites for hydroxylation is 2. The van der Waals surface area contributed by atoms with Crippen LogP contribution >= 0.6 is 0 Å². The van der Waals surface area contributed by atoms with Gasteiger partial charge in [0, 0.05) is 45.0 Å². The minimum Gasteiger partial charge on any atom is -0.359 e. The van der Waals surface area contributed by atoms with E-state index in [2.05, 4.69) is 39.3 Å². The summed E-state index contributed by atoms with van der Waals surface area (Å²) in [5, 5.41) is 11.5. The van der Waals surface area contributed by atoms with Crippen molar-refractivity contribution in [2.24, 2.45) is 12.0 Å². The lowest BCUT2D eigenvalue weighted by Crippen LogP contribution is -2.38. The molecule has 0 unspecified atom stereocenters. The molecule has 1 N–H and O–H groups in total. The number of rotatable bonds is 6. The van der Waals surface area contributed by atoms with E-state index in [9.17, 15) is 0 Å². The van der Waals surface area contributed by atoms with Gasteiger partial charge < -0.3 is 14.7 Å². The second-order valence-corrected chi connectivity index (χ2v) is 5.19. The van der Waals surface area contributed by atoms with Gasteiger partial charge in [-0.3, -0.25) is 4.68 Å². The van der Waals surface area contributed by atoms with Gasteiger partial charge in [-0.25, -0.2) is 4.99 Å². The molecule has 0 saturated carbocycles. The van der Waals surface area contributed by atoms with Crippen LogP contribution in [0.15, 0.2) is 28.0 Å². The third-order valence-corrected chi connectivity index (χ3v) is 3.23. The van der Waals surface area contributed by atoms with Gasteiger partial charge in [0.05, 0.1) is 11.9 Å². The first-order valence-electron chi connectivity index (χ1n) is 7.53. The molecule has 2 rings (SSSR count). The van der Waals surface area contributed by atoms with Crippen LogP contribution in [-0.2, 0) is 26.6 Å². The van der Waals surface area contributed by atoms with E-state index in [0.29, 0.717) is 6.54 Å². The van der Waals surface area contributed by atoms with Crippen LogP contribution in [0.1, 0.15) is 30.9 Å². The van der Waals surface area contributed by atoms with Gasteiger partial charge >= 0.3 is 0 Å². The van der Waals surface area contributed by atoms with E-state index in [1.54, 1.807) is 4.68 Å². The molecule has 120 valence electrons. The molecule has 0 aromatic carbocycles. The van der Waals surface area contributed by atoms with Gasteiger partial charge in [0.1, 0.15) is 6.54 Å². The van der Waals surface area contributed by atoms with Crippen molar-refractivity contribution in [3.05, 3.63) is 35.5 Å². The Bertz CT molecular complexity index is 615. The number of hydrogen-bond donors (Lipinski definition) is 1. The predicted octanol–water partition coefficient (Wildman–Crippen LogP) is 1.57. The molecular weight excluding hydrogens is 280 g/mol. The normalized spacial score (nSPS) is 11.7. The average molecular weight is 304 g/mol. The summed E-state index contributed by atoms with van der Waals surface area (Å²) in [6, 6.07) is 1.95. The number of aromatic nitrogens is 3. The fraction of sp³-hybridized carbons (Fsp3) is 0.533. The van der Waals surface area contributed by atoms with Crippen molar-refractivity contribution in [2.75, 3.05) is 13.6 Å². The van der Waals surface area contributed by atoms with E-state index in [1.165, 1.54) is 0 Å². The lowest BCUT2D eigenvalue weighted by molar-refractivity contribution is 0.378. The highest BCUT2D eigenvalue weighted by atomic mass is 16.5. The zero-order chi connectivity index (χ0) is 15.9. The van der Waals surface area contributed by atoms with Crippen LogP contribution in [0.2, 0.25) is 0 Å². The highest BCUT2D eigenvalue weighted by molar-refractivity contribution is 5.79. The zero-order valence-electron chi connectivity index (χ0n) is 13.7. The number of nitrogens with zero attached hydrogens (tertiary/aromatic N) is 5. The number of guanidine groups is 1. The molecule has 0 bridgehead atoms. The van der Waals surface area contributed by atoms with Crippen molar-refractivity contribution in [3.63, 3.8) is 0 Å². The predicted molar refractivity (Wildman–Crippen MR) is 85.4 cm³/mol. The van der Waals surface area contributed by atoms with Gasteiger partial charge in [-0.1, -0.05) is 12.1 Å².